The van der Waals surface area contributed by atoms with Gasteiger partial charge >= 0.3 is 0 Å². The summed E-state index contributed by atoms with van der Waals surface area (Å²) in [6, 6.07) is 9.65. The van der Waals surface area contributed by atoms with Crippen LogP contribution in [0.2, 0.25) is 0 Å². The van der Waals surface area contributed by atoms with E-state index in [4.69, 9.17) is 10.2 Å². The van der Waals surface area contributed by atoms with Crippen molar-refractivity contribution in [1.82, 2.24) is 4.98 Å². The number of aryl methyl sites for hydroxylation is 1. The lowest BCUT2D eigenvalue weighted by atomic mass is 10.0. The Bertz CT molecular complexity index is 751. The molecule has 0 amide bonds. The summed E-state index contributed by atoms with van der Waals surface area (Å²) in [4.78, 5) is 4.35. The van der Waals surface area contributed by atoms with Crippen molar-refractivity contribution in [3.63, 3.8) is 0 Å². The van der Waals surface area contributed by atoms with E-state index in [1.165, 1.54) is 12.1 Å². The van der Waals surface area contributed by atoms with Crippen LogP contribution in [0.25, 0.3) is 11.0 Å². The molecule has 2 N–H and O–H groups in total. The molecule has 2 aromatic heterocycles. The largest absolute Gasteiger partial charge is 0.459 e. The fourth-order valence-electron chi connectivity index (χ4n) is 2.35. The molecule has 2 heterocycles. The first-order valence-corrected chi connectivity index (χ1v) is 6.57. The Balaban J connectivity index is 2.05. The molecule has 0 radical (unpaired) electrons. The quantitative estimate of drug-likeness (QED) is 0.791. The smallest absolute Gasteiger partial charge is 0.134 e. The molecule has 1 atom stereocenters. The van der Waals surface area contributed by atoms with Gasteiger partial charge in [0, 0.05) is 11.6 Å². The molecule has 0 spiro atoms. The van der Waals surface area contributed by atoms with E-state index in [1.807, 2.05) is 12.1 Å². The Morgan fingerprint density at radius 3 is 2.95 bits per heavy atom. The number of benzene rings is 1. The van der Waals surface area contributed by atoms with Gasteiger partial charge in [0.15, 0.2) is 0 Å². The van der Waals surface area contributed by atoms with Crippen LogP contribution >= 0.6 is 0 Å². The van der Waals surface area contributed by atoms with Gasteiger partial charge in [-0.15, -0.1) is 0 Å². The molecule has 3 rings (SSSR count). The molecular weight excluding hydrogens is 255 g/mol. The molecule has 1 unspecified atom stereocenters. The lowest BCUT2D eigenvalue weighted by Gasteiger charge is -2.11. The van der Waals surface area contributed by atoms with Gasteiger partial charge in [-0.1, -0.05) is 13.0 Å². The monoisotopic (exact) mass is 270 g/mol. The molecule has 0 aliphatic carbocycles. The van der Waals surface area contributed by atoms with E-state index in [0.717, 1.165) is 17.7 Å². The van der Waals surface area contributed by atoms with Crippen molar-refractivity contribution in [2.24, 2.45) is 5.73 Å². The molecule has 1 aromatic carbocycles. The third kappa shape index (κ3) is 2.18. The van der Waals surface area contributed by atoms with Crippen LogP contribution in [0.3, 0.4) is 0 Å². The number of rotatable bonds is 3. The van der Waals surface area contributed by atoms with E-state index < -0.39 is 6.04 Å². The molecule has 4 heteroatoms. The van der Waals surface area contributed by atoms with E-state index in [1.54, 1.807) is 18.3 Å². The van der Waals surface area contributed by atoms with E-state index in [9.17, 15) is 4.39 Å². The molecule has 20 heavy (non-hydrogen) atoms. The minimum absolute atomic E-state index is 0.287. The Kier molecular flexibility index (Phi) is 3.24. The third-order valence-corrected chi connectivity index (χ3v) is 3.41. The molecule has 3 nitrogen and oxygen atoms in total. The normalized spacial score (nSPS) is 12.8. The predicted molar refractivity (Wildman–Crippen MR) is 75.8 cm³/mol. The lowest BCUT2D eigenvalue weighted by molar-refractivity contribution is 0.518. The first kappa shape index (κ1) is 12.8. The Hall–Kier alpha value is -2.20. The van der Waals surface area contributed by atoms with Crippen LogP contribution in [0.5, 0.6) is 0 Å². The lowest BCUT2D eigenvalue weighted by Crippen LogP contribution is -2.14. The van der Waals surface area contributed by atoms with E-state index in [0.29, 0.717) is 16.7 Å². The summed E-state index contributed by atoms with van der Waals surface area (Å²) in [5.41, 5.74) is 8.76. The highest BCUT2D eigenvalue weighted by atomic mass is 19.1. The molecule has 102 valence electrons. The molecule has 0 saturated carbocycles. The number of fused-ring (bicyclic) bond motifs is 1. The van der Waals surface area contributed by atoms with Crippen molar-refractivity contribution >= 4 is 11.0 Å². The molecule has 0 fully saturated rings. The second-order valence-corrected chi connectivity index (χ2v) is 4.71. The number of furan rings is 1. The third-order valence-electron chi connectivity index (χ3n) is 3.41. The summed E-state index contributed by atoms with van der Waals surface area (Å²) >= 11 is 0. The van der Waals surface area contributed by atoms with Crippen molar-refractivity contribution in [2.45, 2.75) is 19.4 Å². The Labute approximate surface area is 116 Å². The number of hydrogen-bond acceptors (Lipinski definition) is 3. The minimum Gasteiger partial charge on any atom is -0.459 e. The van der Waals surface area contributed by atoms with Gasteiger partial charge in [-0.05, 0) is 42.3 Å². The number of pyridine rings is 1. The molecule has 0 bridgehead atoms. The average Bonchev–Trinajstić information content (AvgIpc) is 2.89. The maximum absolute atomic E-state index is 13.2. The Morgan fingerprint density at radius 1 is 1.30 bits per heavy atom. The van der Waals surface area contributed by atoms with Crippen LogP contribution in [0.15, 0.2) is 47.0 Å². The molecule has 0 aliphatic heterocycles. The summed E-state index contributed by atoms with van der Waals surface area (Å²) < 4.78 is 18.9. The summed E-state index contributed by atoms with van der Waals surface area (Å²) in [5, 5.41) is 0.712. The van der Waals surface area contributed by atoms with Crippen molar-refractivity contribution in [3.8, 4) is 0 Å². The summed E-state index contributed by atoms with van der Waals surface area (Å²) in [7, 11) is 0. The highest BCUT2D eigenvalue weighted by Crippen LogP contribution is 2.27. The maximum atomic E-state index is 13.2. The molecular formula is C16H15FN2O. The van der Waals surface area contributed by atoms with Crippen LogP contribution in [0.4, 0.5) is 4.39 Å². The highest BCUT2D eigenvalue weighted by Gasteiger charge is 2.18. The minimum atomic E-state index is -0.443. The number of nitrogens with two attached hydrogens (primary N) is 1. The molecule has 0 aliphatic rings. The zero-order valence-corrected chi connectivity index (χ0v) is 11.1. The SMILES string of the molecule is CCc1cccnc1C(N)c1cc2cc(F)ccc2o1. The van der Waals surface area contributed by atoms with Crippen LogP contribution in [-0.4, -0.2) is 4.98 Å². The van der Waals surface area contributed by atoms with Crippen molar-refractivity contribution in [3.05, 3.63) is 65.4 Å². The average molecular weight is 270 g/mol. The standard InChI is InChI=1S/C16H15FN2O/c1-2-10-4-3-7-19-16(10)15(18)14-9-11-8-12(17)5-6-13(11)20-14/h3-9,15H,2,18H2,1H3. The van der Waals surface area contributed by atoms with Crippen molar-refractivity contribution in [2.75, 3.05) is 0 Å². The Morgan fingerprint density at radius 2 is 2.15 bits per heavy atom. The van der Waals surface area contributed by atoms with Gasteiger partial charge in [0.25, 0.3) is 0 Å². The van der Waals surface area contributed by atoms with Gasteiger partial charge in [0.2, 0.25) is 0 Å². The van der Waals surface area contributed by atoms with Crippen molar-refractivity contribution < 1.29 is 8.81 Å². The summed E-state index contributed by atoms with van der Waals surface area (Å²) in [6.45, 7) is 2.06. The van der Waals surface area contributed by atoms with Crippen molar-refractivity contribution in [1.29, 1.82) is 0 Å². The number of aromatic nitrogens is 1. The van der Waals surface area contributed by atoms with Gasteiger partial charge in [0.05, 0.1) is 5.69 Å². The summed E-state index contributed by atoms with van der Waals surface area (Å²) in [5.74, 6) is 0.310. The van der Waals surface area contributed by atoms with Gasteiger partial charge < -0.3 is 10.2 Å². The maximum Gasteiger partial charge on any atom is 0.134 e. The van der Waals surface area contributed by atoms with E-state index in [-0.39, 0.29) is 5.82 Å². The van der Waals surface area contributed by atoms with E-state index >= 15 is 0 Å². The molecule has 3 aromatic rings. The van der Waals surface area contributed by atoms with E-state index in [2.05, 4.69) is 11.9 Å². The zero-order valence-electron chi connectivity index (χ0n) is 11.1. The first-order valence-electron chi connectivity index (χ1n) is 6.57. The first-order chi connectivity index (χ1) is 9.69. The second-order valence-electron chi connectivity index (χ2n) is 4.71. The van der Waals surface area contributed by atoms with Crippen LogP contribution in [0, 0.1) is 5.82 Å². The van der Waals surface area contributed by atoms with Crippen LogP contribution in [-0.2, 0) is 6.42 Å². The summed E-state index contributed by atoms with van der Waals surface area (Å²) in [6.07, 6.45) is 2.57. The van der Waals surface area contributed by atoms with Crippen LogP contribution in [0.1, 0.15) is 30.0 Å². The second kappa shape index (κ2) is 5.06. The topological polar surface area (TPSA) is 52.0 Å². The molecule has 0 saturated heterocycles. The predicted octanol–water partition coefficient (Wildman–Crippen LogP) is 3.58. The van der Waals surface area contributed by atoms with Crippen LogP contribution < -0.4 is 5.73 Å². The zero-order chi connectivity index (χ0) is 14.1. The van der Waals surface area contributed by atoms with Gasteiger partial charge in [-0.25, -0.2) is 4.39 Å². The van der Waals surface area contributed by atoms with Gasteiger partial charge in [0.1, 0.15) is 23.2 Å². The number of nitrogens with zero attached hydrogens (tertiary/aromatic N) is 1. The fourth-order valence-corrected chi connectivity index (χ4v) is 2.35. The number of halogens is 1. The fraction of sp³-hybridized carbons (Fsp3) is 0.188. The van der Waals surface area contributed by atoms with Gasteiger partial charge in [-0.2, -0.15) is 0 Å². The van der Waals surface area contributed by atoms with Gasteiger partial charge in [-0.3, -0.25) is 4.98 Å². The highest BCUT2D eigenvalue weighted by molar-refractivity contribution is 5.78. The number of hydrogen-bond donors (Lipinski definition) is 1.